The van der Waals surface area contributed by atoms with Crippen molar-refractivity contribution in [3.63, 3.8) is 0 Å². The van der Waals surface area contributed by atoms with Crippen molar-refractivity contribution in [2.75, 3.05) is 0 Å². The second kappa shape index (κ2) is 6.00. The van der Waals surface area contributed by atoms with E-state index in [9.17, 15) is 0 Å². The zero-order valence-corrected chi connectivity index (χ0v) is 16.4. The molecule has 142 valence electrons. The highest BCUT2D eigenvalue weighted by Gasteiger charge is 2.56. The number of nitrogens with zero attached hydrogens (tertiary/aromatic N) is 5. The van der Waals surface area contributed by atoms with E-state index in [-0.39, 0.29) is 11.5 Å². The molecule has 1 heterocycles. The highest BCUT2D eigenvalue weighted by atomic mass is 15.1. The summed E-state index contributed by atoms with van der Waals surface area (Å²) in [5.41, 5.74) is 12.5. The van der Waals surface area contributed by atoms with Crippen molar-refractivity contribution in [2.24, 2.45) is 33.7 Å². The molecule has 0 aromatic carbocycles. The van der Waals surface area contributed by atoms with Crippen LogP contribution in [-0.4, -0.2) is 15.6 Å². The quantitative estimate of drug-likeness (QED) is 0.276. The van der Waals surface area contributed by atoms with Gasteiger partial charge < -0.3 is 4.57 Å². The van der Waals surface area contributed by atoms with Gasteiger partial charge in [-0.25, -0.2) is 4.98 Å². The Morgan fingerprint density at radius 2 is 2.00 bits per heavy atom. The maximum absolute atomic E-state index is 8.83. The summed E-state index contributed by atoms with van der Waals surface area (Å²) in [7, 11) is 0. The largest absolute Gasteiger partial charge is 0.310 e. The monoisotopic (exact) mass is 363 g/mol. The van der Waals surface area contributed by atoms with Gasteiger partial charge >= 0.3 is 0 Å². The van der Waals surface area contributed by atoms with Gasteiger partial charge in [0.2, 0.25) is 0 Å². The standard InChI is InChI=1S/C22H29N5/c1-21-9-7-16(25-26-23)13-15(21)3-4-17-18-5-6-20(27-12-11-24-14-27)22(18,2)10-8-19(17)21/h3,6,11-12,14,16-19H,4-5,7-10,13H2,1-2H3/t16?,17-,18-,19-,21-,22-/m0/s1. The molecule has 0 amide bonds. The first-order valence-corrected chi connectivity index (χ1v) is 10.5. The molecule has 4 aliphatic carbocycles. The Labute approximate surface area is 161 Å². The topological polar surface area (TPSA) is 66.6 Å². The van der Waals surface area contributed by atoms with Gasteiger partial charge in [-0.2, -0.15) is 0 Å². The molecule has 2 saturated carbocycles. The molecule has 1 unspecified atom stereocenters. The summed E-state index contributed by atoms with van der Waals surface area (Å²) in [6, 6.07) is 0.167. The zero-order chi connectivity index (χ0) is 18.6. The SMILES string of the molecule is C[C@]12CCC(N=[N+]=[N-])CC1=CC[C@@H]1[C@@H]2CC[C@]2(C)C(n3ccnc3)=CC[C@@H]12. The Hall–Kier alpha value is -2.00. The molecule has 4 aliphatic rings. The molecule has 1 aromatic rings. The molecule has 1 aromatic heterocycles. The summed E-state index contributed by atoms with van der Waals surface area (Å²) in [4.78, 5) is 7.35. The van der Waals surface area contributed by atoms with Crippen LogP contribution in [0.5, 0.6) is 0 Å². The Balaban J connectivity index is 1.45. The molecule has 0 N–H and O–H groups in total. The molecule has 0 aliphatic heterocycles. The van der Waals surface area contributed by atoms with Crippen LogP contribution in [0.4, 0.5) is 0 Å². The second-order valence-electron chi connectivity index (χ2n) is 9.61. The normalized spacial score (nSPS) is 42.9. The average molecular weight is 364 g/mol. The van der Waals surface area contributed by atoms with E-state index in [4.69, 9.17) is 5.53 Å². The number of fused-ring (bicyclic) bond motifs is 5. The van der Waals surface area contributed by atoms with Crippen LogP contribution in [-0.2, 0) is 0 Å². The minimum atomic E-state index is 0.167. The van der Waals surface area contributed by atoms with Gasteiger partial charge in [-0.3, -0.25) is 0 Å². The van der Waals surface area contributed by atoms with Crippen molar-refractivity contribution >= 4 is 5.70 Å². The Morgan fingerprint density at radius 1 is 1.15 bits per heavy atom. The number of azide groups is 1. The minimum Gasteiger partial charge on any atom is -0.310 e. The average Bonchev–Trinajstić information content (AvgIpc) is 3.29. The third kappa shape index (κ3) is 2.37. The highest BCUT2D eigenvalue weighted by Crippen LogP contribution is 2.65. The first-order chi connectivity index (χ1) is 13.1. The number of hydrogen-bond donors (Lipinski definition) is 0. The van der Waals surface area contributed by atoms with Crippen molar-refractivity contribution in [2.45, 2.75) is 64.8 Å². The molecule has 5 heteroatoms. The lowest BCUT2D eigenvalue weighted by Gasteiger charge is -2.57. The fourth-order valence-corrected chi connectivity index (χ4v) is 7.16. The summed E-state index contributed by atoms with van der Waals surface area (Å²) in [5, 5.41) is 4.04. The molecular weight excluding hydrogens is 334 g/mol. The molecule has 5 nitrogen and oxygen atoms in total. The van der Waals surface area contributed by atoms with E-state index in [1.165, 1.54) is 37.8 Å². The van der Waals surface area contributed by atoms with Crippen LogP contribution in [0, 0.1) is 28.6 Å². The van der Waals surface area contributed by atoms with E-state index in [1.807, 2.05) is 12.5 Å². The van der Waals surface area contributed by atoms with Crippen molar-refractivity contribution in [1.29, 1.82) is 0 Å². The van der Waals surface area contributed by atoms with Gasteiger partial charge in [0.15, 0.2) is 0 Å². The van der Waals surface area contributed by atoms with Crippen LogP contribution < -0.4 is 0 Å². The smallest absolute Gasteiger partial charge is 0.0989 e. The van der Waals surface area contributed by atoms with Crippen LogP contribution in [0.1, 0.15) is 58.8 Å². The Bertz CT molecular complexity index is 846. The predicted molar refractivity (Wildman–Crippen MR) is 107 cm³/mol. The van der Waals surface area contributed by atoms with E-state index in [0.29, 0.717) is 5.41 Å². The molecule has 6 atom stereocenters. The van der Waals surface area contributed by atoms with Gasteiger partial charge in [0.05, 0.1) is 6.33 Å². The van der Waals surface area contributed by atoms with Crippen LogP contribution in [0.3, 0.4) is 0 Å². The minimum absolute atomic E-state index is 0.167. The summed E-state index contributed by atoms with van der Waals surface area (Å²) in [6.07, 6.45) is 19.1. The molecule has 0 radical (unpaired) electrons. The fourth-order valence-electron chi connectivity index (χ4n) is 7.16. The third-order valence-corrected chi connectivity index (χ3v) is 8.62. The van der Waals surface area contributed by atoms with Gasteiger partial charge in [0.1, 0.15) is 0 Å². The van der Waals surface area contributed by atoms with E-state index in [2.05, 4.69) is 51.8 Å². The second-order valence-corrected chi connectivity index (χ2v) is 9.61. The van der Waals surface area contributed by atoms with Crippen molar-refractivity contribution in [1.82, 2.24) is 9.55 Å². The maximum atomic E-state index is 8.83. The van der Waals surface area contributed by atoms with Crippen molar-refractivity contribution in [3.05, 3.63) is 46.9 Å². The first kappa shape index (κ1) is 17.1. The maximum Gasteiger partial charge on any atom is 0.0989 e. The molecule has 0 bridgehead atoms. The van der Waals surface area contributed by atoms with E-state index in [0.717, 1.165) is 30.6 Å². The van der Waals surface area contributed by atoms with E-state index >= 15 is 0 Å². The third-order valence-electron chi connectivity index (χ3n) is 8.62. The molecule has 0 spiro atoms. The van der Waals surface area contributed by atoms with E-state index in [1.54, 1.807) is 5.57 Å². The summed E-state index contributed by atoms with van der Waals surface area (Å²) in [6.45, 7) is 5.00. The summed E-state index contributed by atoms with van der Waals surface area (Å²) in [5.74, 6) is 2.28. The molecule has 27 heavy (non-hydrogen) atoms. The van der Waals surface area contributed by atoms with Crippen molar-refractivity contribution in [3.8, 4) is 0 Å². The number of aromatic nitrogens is 2. The lowest BCUT2D eigenvalue weighted by molar-refractivity contribution is -0.0127. The van der Waals surface area contributed by atoms with Crippen molar-refractivity contribution < 1.29 is 0 Å². The molecule has 5 rings (SSSR count). The highest BCUT2D eigenvalue weighted by molar-refractivity contribution is 5.57. The van der Waals surface area contributed by atoms with Crippen LogP contribution in [0.2, 0.25) is 0 Å². The summed E-state index contributed by atoms with van der Waals surface area (Å²) < 4.78 is 2.25. The Kier molecular flexibility index (Phi) is 3.80. The van der Waals surface area contributed by atoms with Gasteiger partial charge in [0.25, 0.3) is 0 Å². The Morgan fingerprint density at radius 3 is 2.78 bits per heavy atom. The number of allylic oxidation sites excluding steroid dienone is 3. The molecule has 0 saturated heterocycles. The summed E-state index contributed by atoms with van der Waals surface area (Å²) >= 11 is 0. The van der Waals surface area contributed by atoms with Gasteiger partial charge in [-0.1, -0.05) is 36.7 Å². The lowest BCUT2D eigenvalue weighted by Crippen LogP contribution is -2.49. The number of imidazole rings is 1. The van der Waals surface area contributed by atoms with Gasteiger partial charge in [-0.15, -0.1) is 0 Å². The number of rotatable bonds is 2. The molecular formula is C22H29N5. The lowest BCUT2D eigenvalue weighted by atomic mass is 9.47. The number of hydrogen-bond acceptors (Lipinski definition) is 2. The predicted octanol–water partition coefficient (Wildman–Crippen LogP) is 5.98. The van der Waals surface area contributed by atoms with Gasteiger partial charge in [-0.05, 0) is 73.6 Å². The van der Waals surface area contributed by atoms with Crippen LogP contribution in [0.25, 0.3) is 16.1 Å². The van der Waals surface area contributed by atoms with E-state index < -0.39 is 0 Å². The fraction of sp³-hybridized carbons (Fsp3) is 0.682. The zero-order valence-electron chi connectivity index (χ0n) is 16.4. The van der Waals surface area contributed by atoms with Gasteiger partial charge in [0, 0.05) is 34.5 Å². The van der Waals surface area contributed by atoms with Crippen LogP contribution in [0.15, 0.2) is 41.6 Å². The first-order valence-electron chi connectivity index (χ1n) is 10.5. The van der Waals surface area contributed by atoms with Crippen LogP contribution >= 0.6 is 0 Å². The molecule has 2 fully saturated rings.